The summed E-state index contributed by atoms with van der Waals surface area (Å²) in [5.41, 5.74) is 0.636. The third-order valence-corrected chi connectivity index (χ3v) is 2.23. The van der Waals surface area contributed by atoms with E-state index >= 15 is 0 Å². The molecule has 121 valence electrons. The molecule has 0 atom stereocenters. The van der Waals surface area contributed by atoms with Gasteiger partial charge in [-0.1, -0.05) is 11.6 Å². The first-order valence-corrected chi connectivity index (χ1v) is 6.02. The normalized spacial score (nSPS) is 10.3. The maximum absolute atomic E-state index is 13.2. The van der Waals surface area contributed by atoms with Gasteiger partial charge >= 0.3 is 0 Å². The van der Waals surface area contributed by atoms with Crippen molar-refractivity contribution in [2.75, 3.05) is 0 Å². The first kappa shape index (κ1) is 20.1. The smallest absolute Gasteiger partial charge is 0.155 e. The van der Waals surface area contributed by atoms with Crippen LogP contribution in [0.4, 0.5) is 8.78 Å². The number of aliphatic hydroxyl groups is 1. The number of hydrogen-bond acceptors (Lipinski definition) is 3. The van der Waals surface area contributed by atoms with Crippen LogP contribution in [0.2, 0.25) is 0 Å². The number of halogens is 2. The van der Waals surface area contributed by atoms with Gasteiger partial charge in [-0.2, -0.15) is 0 Å². The largest absolute Gasteiger partial charge is 0.512 e. The van der Waals surface area contributed by atoms with Crippen molar-refractivity contribution in [1.29, 1.82) is 0 Å². The van der Waals surface area contributed by atoms with Gasteiger partial charge in [-0.25, -0.2) is 0 Å². The number of carbonyl (C=O) groups is 1. The fourth-order valence-electron chi connectivity index (χ4n) is 1.48. The van der Waals surface area contributed by atoms with E-state index in [0.717, 1.165) is 12.1 Å². The molecule has 1 aromatic carbocycles. The summed E-state index contributed by atoms with van der Waals surface area (Å²) in [7, 11) is 1.78. The third-order valence-electron chi connectivity index (χ3n) is 2.23. The topological polar surface area (TPSA) is 55.1 Å². The minimum Gasteiger partial charge on any atom is -0.512 e. The molecule has 0 spiro atoms. The van der Waals surface area contributed by atoms with E-state index in [-0.39, 0.29) is 37.2 Å². The minimum absolute atomic E-state index is 0. The molecule has 0 aliphatic rings. The average Bonchev–Trinajstić information content (AvgIpc) is 2.74. The van der Waals surface area contributed by atoms with Gasteiger partial charge < -0.3 is 9.67 Å². The van der Waals surface area contributed by atoms with Gasteiger partial charge in [0.05, 0.1) is 12.1 Å². The van der Waals surface area contributed by atoms with E-state index in [4.69, 9.17) is 5.11 Å². The molecule has 0 aliphatic heterocycles. The number of allylic oxidation sites excluding steroid dienone is 2. The van der Waals surface area contributed by atoms with Crippen molar-refractivity contribution < 1.29 is 38.8 Å². The molecule has 1 aromatic heterocycles. The van der Waals surface area contributed by atoms with E-state index in [0.29, 0.717) is 5.69 Å². The van der Waals surface area contributed by atoms with Gasteiger partial charge in [0.2, 0.25) is 0 Å². The van der Waals surface area contributed by atoms with Gasteiger partial charge in [0.15, 0.2) is 5.78 Å². The summed E-state index contributed by atoms with van der Waals surface area (Å²) in [6.07, 6.45) is 4.36. The van der Waals surface area contributed by atoms with Gasteiger partial charge in [0, 0.05) is 50.6 Å². The number of aryl methyl sites for hydroxylation is 1. The number of hydrogen-bond donors (Lipinski definition) is 1. The van der Waals surface area contributed by atoms with E-state index in [1.54, 1.807) is 24.1 Å². The summed E-state index contributed by atoms with van der Waals surface area (Å²) in [5.74, 6) is -1.35. The van der Waals surface area contributed by atoms with Crippen molar-refractivity contribution in [1.82, 2.24) is 9.55 Å². The molecule has 2 rings (SSSR count). The van der Waals surface area contributed by atoms with Crippen LogP contribution in [0.3, 0.4) is 0 Å². The molecule has 0 aliphatic carbocycles. The first-order chi connectivity index (χ1) is 9.79. The number of benzene rings is 1. The number of aliphatic hydroxyl groups excluding tert-OH is 1. The molecule has 0 saturated heterocycles. The summed E-state index contributed by atoms with van der Waals surface area (Å²) >= 11 is 0. The van der Waals surface area contributed by atoms with Crippen LogP contribution in [0, 0.1) is 17.7 Å². The summed E-state index contributed by atoms with van der Waals surface area (Å²) in [6.45, 7) is 2.85. The number of aromatic nitrogens is 2. The molecule has 0 fully saturated rings. The Hall–Kier alpha value is -1.85. The Labute approximate surface area is 140 Å². The van der Waals surface area contributed by atoms with Crippen molar-refractivity contribution in [2.45, 2.75) is 13.8 Å². The fraction of sp³-hybridized carbons (Fsp3) is 0.200. The second kappa shape index (κ2) is 9.22. The zero-order chi connectivity index (χ0) is 16.0. The molecule has 0 unspecified atom stereocenters. The number of carbonyl (C=O) groups excluding carboxylic acids is 1. The Balaban J connectivity index is 0.000000478. The third kappa shape index (κ3) is 6.74. The Bertz CT molecular complexity index is 665. The number of rotatable bonds is 2. The molecule has 7 heteroatoms. The van der Waals surface area contributed by atoms with Crippen LogP contribution >= 0.6 is 0 Å². The molecule has 22 heavy (non-hydrogen) atoms. The Kier molecular flexibility index (Phi) is 8.45. The fourth-order valence-corrected chi connectivity index (χ4v) is 1.48. The van der Waals surface area contributed by atoms with E-state index in [2.05, 4.69) is 11.1 Å². The zero-order valence-electron chi connectivity index (χ0n) is 12.2. The van der Waals surface area contributed by atoms with Crippen molar-refractivity contribution in [3.8, 4) is 11.3 Å². The van der Waals surface area contributed by atoms with Crippen LogP contribution in [0.1, 0.15) is 13.8 Å². The summed E-state index contributed by atoms with van der Waals surface area (Å²) < 4.78 is 27.5. The molecule has 0 saturated carbocycles. The maximum atomic E-state index is 13.2. The van der Waals surface area contributed by atoms with Crippen LogP contribution in [0.25, 0.3) is 11.3 Å². The van der Waals surface area contributed by atoms with Crippen LogP contribution < -0.4 is 0 Å². The minimum atomic E-state index is -0.649. The van der Waals surface area contributed by atoms with E-state index < -0.39 is 11.6 Å². The van der Waals surface area contributed by atoms with Gasteiger partial charge in [0.1, 0.15) is 0 Å². The summed E-state index contributed by atoms with van der Waals surface area (Å²) in [5, 5.41) is 8.36. The molecule has 0 amide bonds. The van der Waals surface area contributed by atoms with Crippen LogP contribution in [0.15, 0.2) is 36.5 Å². The molecule has 4 nitrogen and oxygen atoms in total. The quantitative estimate of drug-likeness (QED) is 0.404. The van der Waals surface area contributed by atoms with Gasteiger partial charge in [-0.15, -0.1) is 12.1 Å². The standard InChI is InChI=1S/C10H7F2N2.C5H8O2.Ir/c1-14-5-10(13-6-14)8-3-2-7(11)4-9(8)12;1-4(6)3-5(2)7;/h2,4-6H,1H3;3,6H,1-2H3;/q-1;;/b;4-3-;. The molecule has 1 heterocycles. The summed E-state index contributed by atoms with van der Waals surface area (Å²) in [4.78, 5) is 14.0. The zero-order valence-corrected chi connectivity index (χ0v) is 14.6. The predicted molar refractivity (Wildman–Crippen MR) is 74.5 cm³/mol. The van der Waals surface area contributed by atoms with Crippen molar-refractivity contribution in [3.63, 3.8) is 0 Å². The number of nitrogens with zero attached hydrogens (tertiary/aromatic N) is 2. The predicted octanol–water partition coefficient (Wildman–Crippen LogP) is 3.20. The van der Waals surface area contributed by atoms with Gasteiger partial charge in [-0.3, -0.25) is 18.6 Å². The van der Waals surface area contributed by atoms with Gasteiger partial charge in [-0.05, 0) is 20.0 Å². The monoisotopic (exact) mass is 486 g/mol. The molecule has 2 aromatic rings. The Morgan fingerprint density at radius 2 is 2.05 bits per heavy atom. The maximum Gasteiger partial charge on any atom is 0.155 e. The van der Waals surface area contributed by atoms with Crippen molar-refractivity contribution in [3.05, 3.63) is 54.2 Å². The van der Waals surface area contributed by atoms with Crippen LogP contribution in [0.5, 0.6) is 0 Å². The van der Waals surface area contributed by atoms with Crippen molar-refractivity contribution >= 4 is 5.78 Å². The number of ketones is 1. The molecule has 1 radical (unpaired) electrons. The van der Waals surface area contributed by atoms with Crippen LogP contribution in [-0.2, 0) is 31.9 Å². The molecular weight excluding hydrogens is 470 g/mol. The average molecular weight is 486 g/mol. The van der Waals surface area contributed by atoms with Crippen LogP contribution in [-0.4, -0.2) is 20.4 Å². The van der Waals surface area contributed by atoms with E-state index in [9.17, 15) is 13.6 Å². The van der Waals surface area contributed by atoms with Gasteiger partial charge in [0.25, 0.3) is 0 Å². The van der Waals surface area contributed by atoms with E-state index in [1.807, 2.05) is 0 Å². The molecular formula is C15H15F2IrN2O2-. The second-order valence-electron chi connectivity index (χ2n) is 4.36. The first-order valence-electron chi connectivity index (χ1n) is 6.02. The van der Waals surface area contributed by atoms with E-state index in [1.165, 1.54) is 19.9 Å². The Morgan fingerprint density at radius 3 is 2.41 bits per heavy atom. The second-order valence-corrected chi connectivity index (χ2v) is 4.36. The SMILES string of the molecule is CC(=O)/C=C(/C)O.Cn1cnc(-c2[c-]cc(F)cc2F)c1.[Ir]. The molecule has 0 bridgehead atoms. The molecule has 1 N–H and O–H groups in total. The number of imidazole rings is 1. The Morgan fingerprint density at radius 1 is 1.41 bits per heavy atom. The van der Waals surface area contributed by atoms with Crippen molar-refractivity contribution in [2.24, 2.45) is 7.05 Å². The summed E-state index contributed by atoms with van der Waals surface area (Å²) in [6, 6.07) is 4.42.